The van der Waals surface area contributed by atoms with Crippen LogP contribution in [-0.4, -0.2) is 63.2 Å². The summed E-state index contributed by atoms with van der Waals surface area (Å²) in [6, 6.07) is 17.0. The maximum Gasteiger partial charge on any atom is 0.250 e. The molecule has 0 atom stereocenters. The van der Waals surface area contributed by atoms with Crippen molar-refractivity contribution < 1.29 is 19.1 Å². The normalized spacial score (nSPS) is 13.9. The Morgan fingerprint density at radius 2 is 1.61 bits per heavy atom. The molecular weight excluding hydrogens is 358 g/mol. The zero-order valence-electron chi connectivity index (χ0n) is 16.0. The van der Waals surface area contributed by atoms with Gasteiger partial charge in [-0.1, -0.05) is 30.3 Å². The lowest BCUT2D eigenvalue weighted by molar-refractivity contribution is -0.137. The number of hydrogen-bond donors (Lipinski definition) is 1. The monoisotopic (exact) mass is 383 g/mol. The summed E-state index contributed by atoms with van der Waals surface area (Å²) in [6.45, 7) is 2.41. The van der Waals surface area contributed by atoms with Crippen molar-refractivity contribution in [3.8, 4) is 5.75 Å². The lowest BCUT2D eigenvalue weighted by atomic mass is 10.2. The first-order chi connectivity index (χ1) is 13.7. The van der Waals surface area contributed by atoms with Crippen molar-refractivity contribution in [3.05, 3.63) is 54.6 Å². The molecule has 1 fully saturated rings. The molecule has 148 valence electrons. The molecule has 1 aliphatic heterocycles. The summed E-state index contributed by atoms with van der Waals surface area (Å²) >= 11 is 0. The van der Waals surface area contributed by atoms with Gasteiger partial charge >= 0.3 is 0 Å². The Kier molecular flexibility index (Phi) is 6.86. The quantitative estimate of drug-likeness (QED) is 0.792. The Hall–Kier alpha value is -3.06. The molecule has 2 amide bonds. The standard InChI is InChI=1S/C21H25N3O4/c1-27-19-10-6-5-9-18(19)23-11-13-24(14-12-23)21(26)16-28-15-20(25)22-17-7-3-2-4-8-17/h2-10H,11-16H2,1H3,(H,22,25). The number of ether oxygens (including phenoxy) is 2. The molecule has 0 aromatic heterocycles. The number of piperazine rings is 1. The molecule has 28 heavy (non-hydrogen) atoms. The second-order valence-corrected chi connectivity index (χ2v) is 6.45. The smallest absolute Gasteiger partial charge is 0.250 e. The fourth-order valence-electron chi connectivity index (χ4n) is 3.13. The number of anilines is 2. The van der Waals surface area contributed by atoms with Crippen LogP contribution in [0.4, 0.5) is 11.4 Å². The van der Waals surface area contributed by atoms with Crippen LogP contribution in [0.3, 0.4) is 0 Å². The van der Waals surface area contributed by atoms with Gasteiger partial charge in [0.15, 0.2) is 0 Å². The number of nitrogens with zero attached hydrogens (tertiary/aromatic N) is 2. The van der Waals surface area contributed by atoms with Crippen LogP contribution in [0.2, 0.25) is 0 Å². The van der Waals surface area contributed by atoms with Crippen LogP contribution in [0.5, 0.6) is 5.75 Å². The first-order valence-corrected chi connectivity index (χ1v) is 9.26. The Morgan fingerprint density at radius 1 is 0.929 bits per heavy atom. The largest absolute Gasteiger partial charge is 0.495 e. The molecule has 0 radical (unpaired) electrons. The van der Waals surface area contributed by atoms with E-state index in [1.54, 1.807) is 24.1 Å². The molecular formula is C21H25N3O4. The number of amides is 2. The van der Waals surface area contributed by atoms with Crippen molar-refractivity contribution >= 4 is 23.2 Å². The molecule has 0 unspecified atom stereocenters. The van der Waals surface area contributed by atoms with Gasteiger partial charge in [-0.15, -0.1) is 0 Å². The van der Waals surface area contributed by atoms with E-state index in [-0.39, 0.29) is 25.0 Å². The highest BCUT2D eigenvalue weighted by Gasteiger charge is 2.23. The lowest BCUT2D eigenvalue weighted by Crippen LogP contribution is -2.50. The summed E-state index contributed by atoms with van der Waals surface area (Å²) in [7, 11) is 1.66. The number of hydrogen-bond acceptors (Lipinski definition) is 5. The summed E-state index contributed by atoms with van der Waals surface area (Å²) in [5.41, 5.74) is 1.74. The number of carbonyl (C=O) groups is 2. The number of carbonyl (C=O) groups excluding carboxylic acids is 2. The summed E-state index contributed by atoms with van der Waals surface area (Å²) in [5, 5.41) is 2.72. The van der Waals surface area contributed by atoms with Crippen LogP contribution >= 0.6 is 0 Å². The van der Waals surface area contributed by atoms with E-state index in [0.29, 0.717) is 18.8 Å². The zero-order chi connectivity index (χ0) is 19.8. The van der Waals surface area contributed by atoms with E-state index >= 15 is 0 Å². The fraction of sp³-hybridized carbons (Fsp3) is 0.333. The molecule has 2 aromatic carbocycles. The number of benzene rings is 2. The number of rotatable bonds is 7. The van der Waals surface area contributed by atoms with E-state index in [1.807, 2.05) is 42.5 Å². The van der Waals surface area contributed by atoms with Crippen LogP contribution in [-0.2, 0) is 14.3 Å². The van der Waals surface area contributed by atoms with Crippen molar-refractivity contribution in [1.29, 1.82) is 0 Å². The number of methoxy groups -OCH3 is 1. The van der Waals surface area contributed by atoms with E-state index < -0.39 is 0 Å². The van der Waals surface area contributed by atoms with Crippen LogP contribution in [0.1, 0.15) is 0 Å². The van der Waals surface area contributed by atoms with Gasteiger partial charge in [-0.05, 0) is 24.3 Å². The second kappa shape index (κ2) is 9.75. The maximum absolute atomic E-state index is 12.3. The molecule has 0 spiro atoms. The van der Waals surface area contributed by atoms with Crippen molar-refractivity contribution in [2.45, 2.75) is 0 Å². The van der Waals surface area contributed by atoms with Gasteiger partial charge in [0.25, 0.3) is 0 Å². The van der Waals surface area contributed by atoms with E-state index in [9.17, 15) is 9.59 Å². The SMILES string of the molecule is COc1ccccc1N1CCN(C(=O)COCC(=O)Nc2ccccc2)CC1. The molecule has 2 aromatic rings. The third-order valence-electron chi connectivity index (χ3n) is 4.57. The third-order valence-corrected chi connectivity index (χ3v) is 4.57. The van der Waals surface area contributed by atoms with E-state index in [1.165, 1.54) is 0 Å². The van der Waals surface area contributed by atoms with E-state index in [4.69, 9.17) is 9.47 Å². The van der Waals surface area contributed by atoms with E-state index in [2.05, 4.69) is 10.2 Å². The topological polar surface area (TPSA) is 71.1 Å². The Bertz CT molecular complexity index is 789. The van der Waals surface area contributed by atoms with Crippen LogP contribution in [0.25, 0.3) is 0 Å². The van der Waals surface area contributed by atoms with Crippen molar-refractivity contribution in [1.82, 2.24) is 4.90 Å². The van der Waals surface area contributed by atoms with Gasteiger partial charge in [-0.3, -0.25) is 9.59 Å². The summed E-state index contributed by atoms with van der Waals surface area (Å²) in [5.74, 6) is 0.446. The maximum atomic E-state index is 12.3. The predicted octanol–water partition coefficient (Wildman–Crippen LogP) is 2.00. The van der Waals surface area contributed by atoms with Crippen LogP contribution in [0, 0.1) is 0 Å². The summed E-state index contributed by atoms with van der Waals surface area (Å²) in [6.07, 6.45) is 0. The minimum absolute atomic E-state index is 0.100. The molecule has 0 aliphatic carbocycles. The van der Waals surface area contributed by atoms with Gasteiger partial charge in [0.05, 0.1) is 12.8 Å². The second-order valence-electron chi connectivity index (χ2n) is 6.45. The van der Waals surface area contributed by atoms with E-state index in [0.717, 1.165) is 24.5 Å². The highest BCUT2D eigenvalue weighted by molar-refractivity contribution is 5.91. The Balaban J connectivity index is 1.40. The molecule has 1 aliphatic rings. The Morgan fingerprint density at radius 3 is 2.32 bits per heavy atom. The predicted molar refractivity (Wildman–Crippen MR) is 108 cm³/mol. The number of nitrogens with one attached hydrogen (secondary N) is 1. The Labute approximate surface area is 164 Å². The molecule has 7 nitrogen and oxygen atoms in total. The minimum atomic E-state index is -0.278. The highest BCUT2D eigenvalue weighted by Crippen LogP contribution is 2.28. The van der Waals surface area contributed by atoms with Crippen LogP contribution in [0.15, 0.2) is 54.6 Å². The summed E-state index contributed by atoms with van der Waals surface area (Å²) < 4.78 is 10.7. The van der Waals surface area contributed by atoms with Gasteiger partial charge in [0.1, 0.15) is 19.0 Å². The van der Waals surface area contributed by atoms with Gasteiger partial charge in [0.2, 0.25) is 11.8 Å². The molecule has 1 saturated heterocycles. The zero-order valence-corrected chi connectivity index (χ0v) is 16.0. The van der Waals surface area contributed by atoms with Crippen molar-refractivity contribution in [2.75, 3.05) is 56.7 Å². The average molecular weight is 383 g/mol. The average Bonchev–Trinajstić information content (AvgIpc) is 2.74. The van der Waals surface area contributed by atoms with Gasteiger partial charge < -0.3 is 24.6 Å². The van der Waals surface area contributed by atoms with Gasteiger partial charge in [0, 0.05) is 31.9 Å². The first kappa shape index (κ1) is 19.7. The number of para-hydroxylation sites is 3. The third kappa shape index (κ3) is 5.23. The minimum Gasteiger partial charge on any atom is -0.495 e. The van der Waals surface area contributed by atoms with Crippen LogP contribution < -0.4 is 15.0 Å². The van der Waals surface area contributed by atoms with Crippen molar-refractivity contribution in [3.63, 3.8) is 0 Å². The van der Waals surface area contributed by atoms with Crippen molar-refractivity contribution in [2.24, 2.45) is 0 Å². The molecule has 1 heterocycles. The molecule has 3 rings (SSSR count). The molecule has 1 N–H and O–H groups in total. The molecule has 0 saturated carbocycles. The van der Waals surface area contributed by atoms with Gasteiger partial charge in [-0.2, -0.15) is 0 Å². The fourth-order valence-corrected chi connectivity index (χ4v) is 3.13. The molecule has 0 bridgehead atoms. The lowest BCUT2D eigenvalue weighted by Gasteiger charge is -2.36. The summed E-state index contributed by atoms with van der Waals surface area (Å²) in [4.78, 5) is 28.2. The molecule has 7 heteroatoms. The highest BCUT2D eigenvalue weighted by atomic mass is 16.5. The van der Waals surface area contributed by atoms with Gasteiger partial charge in [-0.25, -0.2) is 0 Å². The first-order valence-electron chi connectivity index (χ1n) is 9.26.